The molecule has 2 rings (SSSR count). The maximum Gasteiger partial charge on any atom is 0.377 e. The monoisotopic (exact) mass is 189 g/mol. The van der Waals surface area contributed by atoms with E-state index in [0.29, 0.717) is 0 Å². The summed E-state index contributed by atoms with van der Waals surface area (Å²) in [6.45, 7) is 1.36. The molecule has 0 atom stereocenters. The summed E-state index contributed by atoms with van der Waals surface area (Å²) in [5.74, 6) is -0.355. The molecule has 2 aromatic rings. The zero-order chi connectivity index (χ0) is 9.97. The third kappa shape index (κ3) is 1.54. The predicted molar refractivity (Wildman–Crippen MR) is 49.2 cm³/mol. The van der Waals surface area contributed by atoms with Crippen LogP contribution in [0.5, 0.6) is 0 Å². The van der Waals surface area contributed by atoms with Crippen LogP contribution < -0.4 is 9.57 Å². The number of fused-ring (bicyclic) bond motifs is 1. The predicted octanol–water partition coefficient (Wildman–Crippen LogP) is 0.497. The summed E-state index contributed by atoms with van der Waals surface area (Å²) in [4.78, 5) is 19.9. The Bertz CT molecular complexity index is 477. The van der Waals surface area contributed by atoms with Crippen LogP contribution in [0.1, 0.15) is 6.92 Å². The van der Waals surface area contributed by atoms with Gasteiger partial charge < -0.3 is 0 Å². The van der Waals surface area contributed by atoms with Gasteiger partial charge in [-0.2, -0.15) is 4.84 Å². The van der Waals surface area contributed by atoms with E-state index in [1.165, 1.54) is 11.7 Å². The molecular formula is C10H9N2O2+. The molecule has 4 nitrogen and oxygen atoms in total. The Morgan fingerprint density at radius 3 is 3.07 bits per heavy atom. The fourth-order valence-electron chi connectivity index (χ4n) is 1.23. The molecule has 14 heavy (non-hydrogen) atoms. The largest absolute Gasteiger partial charge is 0.377 e. The van der Waals surface area contributed by atoms with Crippen molar-refractivity contribution >= 4 is 17.0 Å². The first-order chi connectivity index (χ1) is 6.77. The lowest BCUT2D eigenvalue weighted by Crippen LogP contribution is -2.45. The fraction of sp³-hybridized carbons (Fsp3) is 0.100. The van der Waals surface area contributed by atoms with E-state index < -0.39 is 0 Å². The zero-order valence-corrected chi connectivity index (χ0v) is 7.68. The lowest BCUT2D eigenvalue weighted by molar-refractivity contribution is -0.848. The van der Waals surface area contributed by atoms with Gasteiger partial charge in [0.2, 0.25) is 6.20 Å². The highest BCUT2D eigenvalue weighted by Gasteiger charge is 2.11. The smallest absolute Gasteiger partial charge is 0.250 e. The average molecular weight is 189 g/mol. The molecule has 0 unspecified atom stereocenters. The Hall–Kier alpha value is -1.97. The van der Waals surface area contributed by atoms with E-state index in [2.05, 4.69) is 4.98 Å². The lowest BCUT2D eigenvalue weighted by atomic mass is 10.3. The lowest BCUT2D eigenvalue weighted by Gasteiger charge is -1.95. The van der Waals surface area contributed by atoms with E-state index in [1.807, 2.05) is 12.1 Å². The molecule has 0 spiro atoms. The summed E-state index contributed by atoms with van der Waals surface area (Å²) in [6, 6.07) is 7.27. The van der Waals surface area contributed by atoms with Crippen molar-refractivity contribution in [2.75, 3.05) is 0 Å². The van der Waals surface area contributed by atoms with Gasteiger partial charge in [-0.15, -0.1) is 0 Å². The van der Waals surface area contributed by atoms with E-state index in [0.717, 1.165) is 11.0 Å². The van der Waals surface area contributed by atoms with Crippen molar-refractivity contribution in [1.29, 1.82) is 0 Å². The Balaban J connectivity index is 2.59. The van der Waals surface area contributed by atoms with E-state index in [1.54, 1.807) is 24.5 Å². The molecule has 0 saturated heterocycles. The van der Waals surface area contributed by atoms with Gasteiger partial charge >= 0.3 is 5.97 Å². The number of rotatable bonds is 1. The molecule has 0 bridgehead atoms. The SMILES string of the molecule is CC(=O)O[n+]1cccc2ncccc21. The molecule has 0 radical (unpaired) electrons. The minimum Gasteiger partial charge on any atom is -0.250 e. The van der Waals surface area contributed by atoms with Crippen LogP contribution in [0.4, 0.5) is 0 Å². The molecule has 4 heteroatoms. The van der Waals surface area contributed by atoms with Crippen molar-refractivity contribution in [2.24, 2.45) is 0 Å². The molecule has 0 aliphatic carbocycles. The van der Waals surface area contributed by atoms with Crippen LogP contribution in [0.2, 0.25) is 0 Å². The maximum absolute atomic E-state index is 10.8. The molecule has 0 amide bonds. The molecule has 0 aromatic carbocycles. The van der Waals surface area contributed by atoms with Gasteiger partial charge in [-0.25, -0.2) is 9.78 Å². The fourth-order valence-corrected chi connectivity index (χ4v) is 1.23. The van der Waals surface area contributed by atoms with Crippen molar-refractivity contribution in [3.05, 3.63) is 36.7 Å². The normalized spacial score (nSPS) is 10.1. The molecular weight excluding hydrogens is 180 g/mol. The minimum absolute atomic E-state index is 0.355. The molecule has 70 valence electrons. The number of aromatic nitrogens is 2. The minimum atomic E-state index is -0.355. The van der Waals surface area contributed by atoms with Gasteiger partial charge in [0.1, 0.15) is 5.52 Å². The third-order valence-electron chi connectivity index (χ3n) is 1.76. The van der Waals surface area contributed by atoms with Crippen LogP contribution in [0.3, 0.4) is 0 Å². The quantitative estimate of drug-likeness (QED) is 0.613. The number of carbonyl (C=O) groups is 1. The maximum atomic E-state index is 10.8. The first kappa shape index (κ1) is 8.62. The molecule has 0 fully saturated rings. The van der Waals surface area contributed by atoms with E-state index in [-0.39, 0.29) is 5.97 Å². The second-order valence-electron chi connectivity index (χ2n) is 2.82. The Morgan fingerprint density at radius 2 is 2.29 bits per heavy atom. The third-order valence-corrected chi connectivity index (χ3v) is 1.76. The molecule has 2 heterocycles. The zero-order valence-electron chi connectivity index (χ0n) is 7.68. The summed E-state index contributed by atoms with van der Waals surface area (Å²) in [7, 11) is 0. The Kier molecular flexibility index (Phi) is 2.10. The van der Waals surface area contributed by atoms with Crippen molar-refractivity contribution in [2.45, 2.75) is 6.92 Å². The summed E-state index contributed by atoms with van der Waals surface area (Å²) in [6.07, 6.45) is 3.37. The standard InChI is InChI=1S/C10H9N2O2/c1-8(13)14-12-7-3-4-9-10(12)5-2-6-11-9/h2-7H,1H3/q+1. The highest BCUT2D eigenvalue weighted by Crippen LogP contribution is 2.03. The number of pyridine rings is 2. The van der Waals surface area contributed by atoms with Crippen LogP contribution in [0.15, 0.2) is 36.7 Å². The number of carbonyl (C=O) groups excluding carboxylic acids is 1. The second-order valence-corrected chi connectivity index (χ2v) is 2.82. The summed E-state index contributed by atoms with van der Waals surface area (Å²) in [5.41, 5.74) is 1.56. The number of hydrogen-bond acceptors (Lipinski definition) is 3. The van der Waals surface area contributed by atoms with Gasteiger partial charge in [0, 0.05) is 30.0 Å². The summed E-state index contributed by atoms with van der Waals surface area (Å²) in [5, 5.41) is 0. The van der Waals surface area contributed by atoms with E-state index in [4.69, 9.17) is 4.84 Å². The molecule has 0 aliphatic rings. The van der Waals surface area contributed by atoms with E-state index >= 15 is 0 Å². The van der Waals surface area contributed by atoms with Crippen molar-refractivity contribution in [3.63, 3.8) is 0 Å². The highest BCUT2D eigenvalue weighted by atomic mass is 16.7. The molecule has 2 aromatic heterocycles. The van der Waals surface area contributed by atoms with Crippen LogP contribution >= 0.6 is 0 Å². The first-order valence-electron chi connectivity index (χ1n) is 4.22. The van der Waals surface area contributed by atoms with Crippen molar-refractivity contribution in [3.8, 4) is 0 Å². The first-order valence-corrected chi connectivity index (χ1v) is 4.22. The molecule has 0 saturated carbocycles. The molecule has 0 N–H and O–H groups in total. The highest BCUT2D eigenvalue weighted by molar-refractivity contribution is 5.70. The Morgan fingerprint density at radius 1 is 1.43 bits per heavy atom. The topological polar surface area (TPSA) is 43.1 Å². The number of hydrogen-bond donors (Lipinski definition) is 0. The van der Waals surface area contributed by atoms with Gasteiger partial charge in [-0.1, -0.05) is 0 Å². The van der Waals surface area contributed by atoms with Gasteiger partial charge in [0.15, 0.2) is 0 Å². The van der Waals surface area contributed by atoms with E-state index in [9.17, 15) is 4.79 Å². The number of nitrogens with zero attached hydrogens (tertiary/aromatic N) is 2. The van der Waals surface area contributed by atoms with Gasteiger partial charge in [0.25, 0.3) is 5.52 Å². The van der Waals surface area contributed by atoms with Crippen molar-refractivity contribution < 1.29 is 14.4 Å². The van der Waals surface area contributed by atoms with Crippen LogP contribution in [-0.4, -0.2) is 11.0 Å². The van der Waals surface area contributed by atoms with Gasteiger partial charge in [0.05, 0.1) is 0 Å². The van der Waals surface area contributed by atoms with Gasteiger partial charge in [-0.3, -0.25) is 0 Å². The summed E-state index contributed by atoms with van der Waals surface area (Å²) >= 11 is 0. The van der Waals surface area contributed by atoms with Gasteiger partial charge in [-0.05, 0) is 12.1 Å². The average Bonchev–Trinajstić information content (AvgIpc) is 2.18. The van der Waals surface area contributed by atoms with Crippen LogP contribution in [0.25, 0.3) is 11.0 Å². The summed E-state index contributed by atoms with van der Waals surface area (Å²) < 4.78 is 1.41. The second kappa shape index (κ2) is 3.41. The van der Waals surface area contributed by atoms with Crippen molar-refractivity contribution in [1.82, 2.24) is 4.98 Å². The van der Waals surface area contributed by atoms with Crippen LogP contribution in [0, 0.1) is 0 Å². The molecule has 0 aliphatic heterocycles. The Labute approximate surface area is 80.7 Å². The van der Waals surface area contributed by atoms with Crippen LogP contribution in [-0.2, 0) is 4.79 Å².